The van der Waals surface area contributed by atoms with Gasteiger partial charge in [0.05, 0.1) is 6.54 Å². The number of carbonyl (C=O) groups is 2. The maximum atomic E-state index is 11.4. The highest BCUT2D eigenvalue weighted by molar-refractivity contribution is 5.79. The SMILES string of the molecule is CC(C)CCNC(=O)CNCC1CCC(=O)N1. The molecule has 1 atom stereocenters. The van der Waals surface area contributed by atoms with Gasteiger partial charge in [-0.1, -0.05) is 13.8 Å². The molecule has 1 saturated heterocycles. The van der Waals surface area contributed by atoms with Gasteiger partial charge in [0, 0.05) is 25.6 Å². The molecule has 0 aromatic rings. The van der Waals surface area contributed by atoms with Crippen LogP contribution in [0.15, 0.2) is 0 Å². The summed E-state index contributed by atoms with van der Waals surface area (Å²) in [4.78, 5) is 22.3. The quantitative estimate of drug-likeness (QED) is 0.588. The molecule has 1 aliphatic rings. The highest BCUT2D eigenvalue weighted by Crippen LogP contribution is 2.04. The van der Waals surface area contributed by atoms with Crippen LogP contribution in [-0.4, -0.2) is 37.5 Å². The van der Waals surface area contributed by atoms with Crippen molar-refractivity contribution in [2.24, 2.45) is 5.92 Å². The summed E-state index contributed by atoms with van der Waals surface area (Å²) in [6.45, 7) is 5.99. The third kappa shape index (κ3) is 6.26. The summed E-state index contributed by atoms with van der Waals surface area (Å²) in [5.41, 5.74) is 0. The third-order valence-electron chi connectivity index (χ3n) is 2.81. The first-order valence-electron chi connectivity index (χ1n) is 6.34. The highest BCUT2D eigenvalue weighted by Gasteiger charge is 2.19. The Morgan fingerprint density at radius 1 is 1.53 bits per heavy atom. The Morgan fingerprint density at radius 2 is 2.29 bits per heavy atom. The number of rotatable bonds is 7. The predicted molar refractivity (Wildman–Crippen MR) is 66.5 cm³/mol. The summed E-state index contributed by atoms with van der Waals surface area (Å²) < 4.78 is 0. The lowest BCUT2D eigenvalue weighted by molar-refractivity contribution is -0.120. The Bertz CT molecular complexity index is 266. The second-order valence-electron chi connectivity index (χ2n) is 4.97. The molecule has 0 aromatic carbocycles. The zero-order valence-corrected chi connectivity index (χ0v) is 10.7. The fourth-order valence-electron chi connectivity index (χ4n) is 1.75. The predicted octanol–water partition coefficient (Wildman–Crippen LogP) is 0.0169. The van der Waals surface area contributed by atoms with Gasteiger partial charge in [-0.25, -0.2) is 0 Å². The van der Waals surface area contributed by atoms with Gasteiger partial charge in [-0.15, -0.1) is 0 Å². The average Bonchev–Trinajstić information content (AvgIpc) is 2.63. The van der Waals surface area contributed by atoms with E-state index in [0.717, 1.165) is 19.4 Å². The van der Waals surface area contributed by atoms with Crippen LogP contribution in [0.5, 0.6) is 0 Å². The van der Waals surface area contributed by atoms with Crippen LogP contribution in [0.2, 0.25) is 0 Å². The van der Waals surface area contributed by atoms with Gasteiger partial charge in [0.1, 0.15) is 0 Å². The molecule has 0 radical (unpaired) electrons. The summed E-state index contributed by atoms with van der Waals surface area (Å²) in [7, 11) is 0. The molecule has 1 fully saturated rings. The first-order valence-corrected chi connectivity index (χ1v) is 6.34. The zero-order valence-electron chi connectivity index (χ0n) is 10.7. The Kier molecular flexibility index (Phi) is 5.97. The van der Waals surface area contributed by atoms with Crippen molar-refractivity contribution in [2.75, 3.05) is 19.6 Å². The van der Waals surface area contributed by atoms with Crippen molar-refractivity contribution in [2.45, 2.75) is 39.2 Å². The molecular formula is C12H23N3O2. The third-order valence-corrected chi connectivity index (χ3v) is 2.81. The Labute approximate surface area is 103 Å². The number of nitrogens with one attached hydrogen (secondary N) is 3. The van der Waals surface area contributed by atoms with E-state index in [1.807, 2.05) is 0 Å². The number of amides is 2. The topological polar surface area (TPSA) is 70.2 Å². The molecule has 17 heavy (non-hydrogen) atoms. The lowest BCUT2D eigenvalue weighted by Crippen LogP contribution is -2.41. The molecule has 1 aliphatic heterocycles. The van der Waals surface area contributed by atoms with E-state index in [2.05, 4.69) is 29.8 Å². The van der Waals surface area contributed by atoms with Crippen molar-refractivity contribution in [3.8, 4) is 0 Å². The molecule has 0 bridgehead atoms. The molecule has 98 valence electrons. The van der Waals surface area contributed by atoms with Gasteiger partial charge in [-0.05, 0) is 18.8 Å². The largest absolute Gasteiger partial charge is 0.355 e. The van der Waals surface area contributed by atoms with E-state index in [-0.39, 0.29) is 17.9 Å². The molecule has 0 saturated carbocycles. The van der Waals surface area contributed by atoms with E-state index >= 15 is 0 Å². The molecule has 2 amide bonds. The molecular weight excluding hydrogens is 218 g/mol. The van der Waals surface area contributed by atoms with E-state index in [4.69, 9.17) is 0 Å². The van der Waals surface area contributed by atoms with Gasteiger partial charge in [0.15, 0.2) is 0 Å². The molecule has 1 heterocycles. The summed E-state index contributed by atoms with van der Waals surface area (Å²) >= 11 is 0. The van der Waals surface area contributed by atoms with E-state index in [9.17, 15) is 9.59 Å². The lowest BCUT2D eigenvalue weighted by Gasteiger charge is -2.11. The minimum Gasteiger partial charge on any atom is -0.355 e. The minimum atomic E-state index is 0.0231. The van der Waals surface area contributed by atoms with E-state index < -0.39 is 0 Å². The molecule has 0 spiro atoms. The van der Waals surface area contributed by atoms with Crippen LogP contribution in [0.25, 0.3) is 0 Å². The summed E-state index contributed by atoms with van der Waals surface area (Å²) in [5, 5.41) is 8.77. The zero-order chi connectivity index (χ0) is 12.7. The summed E-state index contributed by atoms with van der Waals surface area (Å²) in [5.74, 6) is 0.741. The first-order chi connectivity index (χ1) is 8.08. The number of hydrogen-bond acceptors (Lipinski definition) is 3. The average molecular weight is 241 g/mol. The van der Waals surface area contributed by atoms with E-state index in [1.54, 1.807) is 0 Å². The highest BCUT2D eigenvalue weighted by atomic mass is 16.2. The Morgan fingerprint density at radius 3 is 2.88 bits per heavy atom. The van der Waals surface area contributed by atoms with Crippen molar-refractivity contribution in [3.63, 3.8) is 0 Å². The van der Waals surface area contributed by atoms with Crippen LogP contribution in [0.4, 0.5) is 0 Å². The summed E-state index contributed by atoms with van der Waals surface area (Å²) in [6.07, 6.45) is 2.47. The van der Waals surface area contributed by atoms with Crippen LogP contribution < -0.4 is 16.0 Å². The van der Waals surface area contributed by atoms with Gasteiger partial charge in [0.2, 0.25) is 11.8 Å². The molecule has 0 aromatic heterocycles. The normalized spacial score (nSPS) is 19.5. The van der Waals surface area contributed by atoms with Gasteiger partial charge in [-0.3, -0.25) is 9.59 Å². The minimum absolute atomic E-state index is 0.0231. The molecule has 0 aliphatic carbocycles. The first kappa shape index (κ1) is 14.0. The standard InChI is InChI=1S/C12H23N3O2/c1-9(2)5-6-14-12(17)8-13-7-10-3-4-11(16)15-10/h9-10,13H,3-8H2,1-2H3,(H,14,17)(H,15,16). The second kappa shape index (κ2) is 7.27. The molecule has 1 rings (SSSR count). The van der Waals surface area contributed by atoms with Gasteiger partial charge < -0.3 is 16.0 Å². The Hall–Kier alpha value is -1.10. The van der Waals surface area contributed by atoms with Crippen molar-refractivity contribution >= 4 is 11.8 Å². The van der Waals surface area contributed by atoms with Crippen LogP contribution in [0.3, 0.4) is 0 Å². The Balaban J connectivity index is 1.98. The van der Waals surface area contributed by atoms with Gasteiger partial charge in [0.25, 0.3) is 0 Å². The molecule has 5 nitrogen and oxygen atoms in total. The monoisotopic (exact) mass is 241 g/mol. The van der Waals surface area contributed by atoms with Crippen LogP contribution >= 0.6 is 0 Å². The lowest BCUT2D eigenvalue weighted by atomic mass is 10.1. The van der Waals surface area contributed by atoms with Crippen molar-refractivity contribution in [1.82, 2.24) is 16.0 Å². The van der Waals surface area contributed by atoms with Crippen LogP contribution in [-0.2, 0) is 9.59 Å². The van der Waals surface area contributed by atoms with Crippen molar-refractivity contribution in [3.05, 3.63) is 0 Å². The van der Waals surface area contributed by atoms with Gasteiger partial charge >= 0.3 is 0 Å². The fourth-order valence-corrected chi connectivity index (χ4v) is 1.75. The molecule has 5 heteroatoms. The van der Waals surface area contributed by atoms with Crippen molar-refractivity contribution in [1.29, 1.82) is 0 Å². The van der Waals surface area contributed by atoms with Gasteiger partial charge in [-0.2, -0.15) is 0 Å². The van der Waals surface area contributed by atoms with E-state index in [1.165, 1.54) is 0 Å². The number of hydrogen-bond donors (Lipinski definition) is 3. The summed E-state index contributed by atoms with van der Waals surface area (Å²) in [6, 6.07) is 0.186. The fraction of sp³-hybridized carbons (Fsp3) is 0.833. The molecule has 1 unspecified atom stereocenters. The van der Waals surface area contributed by atoms with Crippen molar-refractivity contribution < 1.29 is 9.59 Å². The van der Waals surface area contributed by atoms with Crippen LogP contribution in [0, 0.1) is 5.92 Å². The second-order valence-corrected chi connectivity index (χ2v) is 4.97. The smallest absolute Gasteiger partial charge is 0.233 e. The maximum absolute atomic E-state index is 11.4. The van der Waals surface area contributed by atoms with Crippen LogP contribution in [0.1, 0.15) is 33.1 Å². The maximum Gasteiger partial charge on any atom is 0.233 e. The van der Waals surface area contributed by atoms with E-state index in [0.29, 0.717) is 25.4 Å². The number of carbonyl (C=O) groups excluding carboxylic acids is 2. The molecule has 3 N–H and O–H groups in total.